The molecule has 0 aromatic carbocycles. The first-order chi connectivity index (χ1) is 9.02. The van der Waals surface area contributed by atoms with Gasteiger partial charge in [-0.1, -0.05) is 6.92 Å². The number of aromatic carboxylic acids is 1. The first-order valence-corrected chi connectivity index (χ1v) is 7.21. The number of hydrogen-bond acceptors (Lipinski definition) is 5. The van der Waals surface area contributed by atoms with Crippen molar-refractivity contribution in [2.75, 3.05) is 5.32 Å². The lowest BCUT2D eigenvalue weighted by atomic mass is 10.2. The van der Waals surface area contributed by atoms with Gasteiger partial charge in [-0.05, 0) is 37.0 Å². The van der Waals surface area contributed by atoms with Crippen LogP contribution in [-0.4, -0.2) is 21.4 Å². The molecule has 7 heteroatoms. The van der Waals surface area contributed by atoms with Crippen molar-refractivity contribution in [1.29, 1.82) is 0 Å². The number of aromatic nitrogens is 1. The third-order valence-electron chi connectivity index (χ3n) is 2.54. The lowest BCUT2D eigenvalue weighted by molar-refractivity contribution is 0.0697. The largest absolute Gasteiger partial charge is 0.478 e. The van der Waals surface area contributed by atoms with Crippen LogP contribution in [0.25, 0.3) is 0 Å². The molecule has 2 heterocycles. The number of carboxylic acid groups (broad SMARTS) is 1. The highest BCUT2D eigenvalue weighted by atomic mass is 32.1. The van der Waals surface area contributed by atoms with Crippen molar-refractivity contribution in [3.8, 4) is 0 Å². The van der Waals surface area contributed by atoms with Crippen molar-refractivity contribution in [2.45, 2.75) is 20.3 Å². The second-order valence-electron chi connectivity index (χ2n) is 3.85. The Morgan fingerprint density at radius 2 is 2.16 bits per heavy atom. The molecule has 0 saturated carbocycles. The molecule has 0 aliphatic carbocycles. The van der Waals surface area contributed by atoms with Crippen molar-refractivity contribution in [1.82, 2.24) is 4.37 Å². The topological polar surface area (TPSA) is 79.3 Å². The standard InChI is InChI=1S/C12H12N2O3S2/c1-3-7-4-5-8(18-7)10(15)13-11-9(12(16)17)6(2)14-19-11/h4-5H,3H2,1-2H3,(H,13,15)(H,16,17). The number of nitrogens with one attached hydrogen (secondary N) is 1. The highest BCUT2D eigenvalue weighted by Crippen LogP contribution is 2.26. The van der Waals surface area contributed by atoms with Crippen LogP contribution >= 0.6 is 22.9 Å². The van der Waals surface area contributed by atoms with E-state index in [1.807, 2.05) is 13.0 Å². The lowest BCUT2D eigenvalue weighted by Gasteiger charge is -2.01. The predicted octanol–water partition coefficient (Wildman–Crippen LogP) is 3.03. The Bertz CT molecular complexity index is 631. The number of nitrogens with zero attached hydrogens (tertiary/aromatic N) is 1. The monoisotopic (exact) mass is 296 g/mol. The van der Waals surface area contributed by atoms with Crippen LogP contribution < -0.4 is 5.32 Å². The minimum absolute atomic E-state index is 0.0608. The minimum Gasteiger partial charge on any atom is -0.478 e. The summed E-state index contributed by atoms with van der Waals surface area (Å²) in [7, 11) is 0. The Labute approximate surface area is 118 Å². The molecule has 0 radical (unpaired) electrons. The normalized spacial score (nSPS) is 10.4. The quantitative estimate of drug-likeness (QED) is 0.909. The van der Waals surface area contributed by atoms with E-state index in [0.717, 1.165) is 22.8 Å². The van der Waals surface area contributed by atoms with Crippen LogP contribution in [0.15, 0.2) is 12.1 Å². The van der Waals surface area contributed by atoms with Gasteiger partial charge in [-0.3, -0.25) is 4.79 Å². The van der Waals surface area contributed by atoms with E-state index in [1.54, 1.807) is 13.0 Å². The third kappa shape index (κ3) is 2.82. The second kappa shape index (κ2) is 5.50. The summed E-state index contributed by atoms with van der Waals surface area (Å²) in [6.07, 6.45) is 0.873. The number of hydrogen-bond donors (Lipinski definition) is 2. The molecular formula is C12H12N2O3S2. The molecule has 0 bridgehead atoms. The van der Waals surface area contributed by atoms with Gasteiger partial charge in [-0.25, -0.2) is 4.79 Å². The zero-order valence-corrected chi connectivity index (χ0v) is 12.0. The Morgan fingerprint density at radius 3 is 2.74 bits per heavy atom. The van der Waals surface area contributed by atoms with Gasteiger partial charge in [0.1, 0.15) is 10.6 Å². The van der Waals surface area contributed by atoms with Crippen molar-refractivity contribution in [3.05, 3.63) is 33.1 Å². The summed E-state index contributed by atoms with van der Waals surface area (Å²) >= 11 is 2.39. The Balaban J connectivity index is 2.21. The fourth-order valence-electron chi connectivity index (χ4n) is 1.56. The smallest absolute Gasteiger partial charge is 0.340 e. The molecule has 5 nitrogen and oxygen atoms in total. The summed E-state index contributed by atoms with van der Waals surface area (Å²) < 4.78 is 3.96. The van der Waals surface area contributed by atoms with E-state index in [1.165, 1.54) is 11.3 Å². The molecule has 2 N–H and O–H groups in total. The van der Waals surface area contributed by atoms with Gasteiger partial charge in [0.05, 0.1) is 10.6 Å². The maximum Gasteiger partial charge on any atom is 0.340 e. The van der Waals surface area contributed by atoms with E-state index in [0.29, 0.717) is 10.6 Å². The molecule has 0 aliphatic heterocycles. The number of carbonyl (C=O) groups is 2. The number of thiophene rings is 1. The molecule has 2 aromatic heterocycles. The summed E-state index contributed by atoms with van der Waals surface area (Å²) in [6.45, 7) is 3.62. The van der Waals surface area contributed by atoms with Gasteiger partial charge in [0.25, 0.3) is 5.91 Å². The fraction of sp³-hybridized carbons (Fsp3) is 0.250. The second-order valence-corrected chi connectivity index (χ2v) is 5.79. The lowest BCUT2D eigenvalue weighted by Crippen LogP contribution is -2.12. The summed E-state index contributed by atoms with van der Waals surface area (Å²) in [5, 5.41) is 12.0. The van der Waals surface area contributed by atoms with Gasteiger partial charge in [-0.2, -0.15) is 4.37 Å². The Hall–Kier alpha value is -1.73. The number of carbonyl (C=O) groups excluding carboxylic acids is 1. The number of aryl methyl sites for hydroxylation is 2. The van der Waals surface area contributed by atoms with Crippen LogP contribution in [0.4, 0.5) is 5.00 Å². The third-order valence-corrected chi connectivity index (χ3v) is 4.62. The summed E-state index contributed by atoms with van der Waals surface area (Å²) in [6, 6.07) is 3.64. The minimum atomic E-state index is -1.08. The first kappa shape index (κ1) is 13.7. The predicted molar refractivity (Wildman–Crippen MR) is 75.5 cm³/mol. The van der Waals surface area contributed by atoms with Gasteiger partial charge < -0.3 is 10.4 Å². The van der Waals surface area contributed by atoms with Crippen LogP contribution in [0, 0.1) is 6.92 Å². The van der Waals surface area contributed by atoms with Crippen LogP contribution in [0.3, 0.4) is 0 Å². The van der Waals surface area contributed by atoms with Crippen molar-refractivity contribution in [2.24, 2.45) is 0 Å². The van der Waals surface area contributed by atoms with Crippen molar-refractivity contribution >= 4 is 39.7 Å². The zero-order chi connectivity index (χ0) is 14.0. The molecule has 0 atom stereocenters. The van der Waals surface area contributed by atoms with Crippen molar-refractivity contribution < 1.29 is 14.7 Å². The molecule has 0 spiro atoms. The van der Waals surface area contributed by atoms with E-state index >= 15 is 0 Å². The summed E-state index contributed by atoms with van der Waals surface area (Å²) in [5.41, 5.74) is 0.471. The van der Waals surface area contributed by atoms with E-state index in [2.05, 4.69) is 9.69 Å². The number of rotatable bonds is 4. The molecule has 0 saturated heterocycles. The van der Waals surface area contributed by atoms with Gasteiger partial charge in [0, 0.05) is 4.88 Å². The molecular weight excluding hydrogens is 284 g/mol. The van der Waals surface area contributed by atoms with Crippen LogP contribution in [0.1, 0.15) is 37.5 Å². The van der Waals surface area contributed by atoms with Gasteiger partial charge in [-0.15, -0.1) is 11.3 Å². The maximum atomic E-state index is 12.0. The van der Waals surface area contributed by atoms with Crippen molar-refractivity contribution in [3.63, 3.8) is 0 Å². The molecule has 0 fully saturated rings. The molecule has 2 rings (SSSR count). The first-order valence-electron chi connectivity index (χ1n) is 5.62. The average molecular weight is 296 g/mol. The van der Waals surface area contributed by atoms with Gasteiger partial charge in [0.15, 0.2) is 0 Å². The molecule has 0 unspecified atom stereocenters. The Kier molecular flexibility index (Phi) is 3.96. The van der Waals surface area contributed by atoms with E-state index in [9.17, 15) is 9.59 Å². The average Bonchev–Trinajstić information content (AvgIpc) is 2.96. The SMILES string of the molecule is CCc1ccc(C(=O)Nc2snc(C)c2C(=O)O)s1. The molecule has 100 valence electrons. The molecule has 2 aromatic rings. The summed E-state index contributed by atoms with van der Waals surface area (Å²) in [4.78, 5) is 24.8. The molecule has 0 aliphatic rings. The van der Waals surface area contributed by atoms with Gasteiger partial charge >= 0.3 is 5.97 Å². The fourth-order valence-corrected chi connectivity index (χ4v) is 3.19. The van der Waals surface area contributed by atoms with E-state index in [4.69, 9.17) is 5.11 Å². The number of amides is 1. The number of carboxylic acids is 1. The molecule has 19 heavy (non-hydrogen) atoms. The summed E-state index contributed by atoms with van der Waals surface area (Å²) in [5.74, 6) is -1.38. The van der Waals surface area contributed by atoms with E-state index in [-0.39, 0.29) is 16.5 Å². The highest BCUT2D eigenvalue weighted by molar-refractivity contribution is 7.14. The van der Waals surface area contributed by atoms with Crippen LogP contribution in [-0.2, 0) is 6.42 Å². The van der Waals surface area contributed by atoms with Gasteiger partial charge in [0.2, 0.25) is 0 Å². The number of anilines is 1. The molecule has 1 amide bonds. The zero-order valence-electron chi connectivity index (χ0n) is 10.4. The maximum absolute atomic E-state index is 12.0. The van der Waals surface area contributed by atoms with Crippen LogP contribution in [0.5, 0.6) is 0 Å². The highest BCUT2D eigenvalue weighted by Gasteiger charge is 2.20. The Morgan fingerprint density at radius 1 is 1.42 bits per heavy atom. The van der Waals surface area contributed by atoms with E-state index < -0.39 is 5.97 Å². The van der Waals surface area contributed by atoms with Crippen LogP contribution in [0.2, 0.25) is 0 Å².